The normalized spacial score (nSPS) is 11.6. The van der Waals surface area contributed by atoms with E-state index in [-0.39, 0.29) is 0 Å². The van der Waals surface area contributed by atoms with Gasteiger partial charge in [0.15, 0.2) is 5.82 Å². The number of nitrogens with zero attached hydrogens (tertiary/aromatic N) is 4. The average Bonchev–Trinajstić information content (AvgIpc) is 3.82. The van der Waals surface area contributed by atoms with Crippen LogP contribution in [-0.4, -0.2) is 19.5 Å². The summed E-state index contributed by atoms with van der Waals surface area (Å²) in [6, 6.07) is 68.1. The van der Waals surface area contributed by atoms with Gasteiger partial charge in [-0.15, -0.1) is 11.3 Å². The molecule has 4 heterocycles. The lowest BCUT2D eigenvalue weighted by atomic mass is 9.94. The van der Waals surface area contributed by atoms with Crippen LogP contribution in [0.5, 0.6) is 0 Å². The Labute approximate surface area is 327 Å². The summed E-state index contributed by atoms with van der Waals surface area (Å²) in [6.07, 6.45) is 0. The maximum atomic E-state index is 5.51. The molecule has 0 radical (unpaired) electrons. The van der Waals surface area contributed by atoms with Crippen LogP contribution in [0.2, 0.25) is 0 Å². The van der Waals surface area contributed by atoms with Crippen LogP contribution in [0, 0.1) is 0 Å². The van der Waals surface area contributed by atoms with E-state index in [9.17, 15) is 0 Å². The Bertz CT molecular complexity index is 3160. The summed E-state index contributed by atoms with van der Waals surface area (Å²) in [5.41, 5.74) is 13.7. The molecule has 56 heavy (non-hydrogen) atoms. The molecule has 0 aliphatic rings. The molecule has 0 bridgehead atoms. The van der Waals surface area contributed by atoms with Gasteiger partial charge in [-0.2, -0.15) is 0 Å². The minimum absolute atomic E-state index is 0.706. The zero-order valence-electron chi connectivity index (χ0n) is 30.2. The van der Waals surface area contributed by atoms with Crippen LogP contribution in [0.15, 0.2) is 194 Å². The molecule has 11 aromatic rings. The van der Waals surface area contributed by atoms with Crippen LogP contribution < -0.4 is 0 Å². The predicted molar refractivity (Wildman–Crippen MR) is 234 cm³/mol. The predicted octanol–water partition coefficient (Wildman–Crippen LogP) is 13.7. The third-order valence-corrected chi connectivity index (χ3v) is 11.9. The number of pyridine rings is 1. The van der Waals surface area contributed by atoms with Gasteiger partial charge in [-0.05, 0) is 41.5 Å². The monoisotopic (exact) mass is 732 g/mol. The Hall–Kier alpha value is -7.21. The van der Waals surface area contributed by atoms with Crippen molar-refractivity contribution in [2.75, 3.05) is 0 Å². The highest BCUT2D eigenvalue weighted by Gasteiger charge is 2.24. The summed E-state index contributed by atoms with van der Waals surface area (Å²) >= 11 is 1.87. The van der Waals surface area contributed by atoms with E-state index in [0.717, 1.165) is 61.7 Å². The molecule has 0 atom stereocenters. The highest BCUT2D eigenvalue weighted by atomic mass is 32.1. The third-order valence-electron chi connectivity index (χ3n) is 10.6. The number of rotatable bonds is 6. The van der Waals surface area contributed by atoms with Gasteiger partial charge in [0.05, 0.1) is 38.3 Å². The number of fused-ring (bicyclic) bond motifs is 7. The van der Waals surface area contributed by atoms with E-state index in [4.69, 9.17) is 15.0 Å². The van der Waals surface area contributed by atoms with Crippen LogP contribution in [0.3, 0.4) is 0 Å². The highest BCUT2D eigenvalue weighted by Crippen LogP contribution is 2.48. The van der Waals surface area contributed by atoms with E-state index in [0.29, 0.717) is 5.82 Å². The minimum Gasteiger partial charge on any atom is -0.308 e. The summed E-state index contributed by atoms with van der Waals surface area (Å²) in [7, 11) is 0. The fourth-order valence-corrected chi connectivity index (χ4v) is 9.37. The van der Waals surface area contributed by atoms with Crippen LogP contribution in [0.1, 0.15) is 0 Å². The van der Waals surface area contributed by atoms with Crippen molar-refractivity contribution < 1.29 is 0 Å². The molecule has 0 N–H and O–H groups in total. The first-order valence-corrected chi connectivity index (χ1v) is 19.6. The molecule has 262 valence electrons. The van der Waals surface area contributed by atoms with Gasteiger partial charge < -0.3 is 4.57 Å². The number of aromatic nitrogens is 4. The summed E-state index contributed by atoms with van der Waals surface area (Å²) in [6.45, 7) is 0. The molecule has 4 aromatic heterocycles. The lowest BCUT2D eigenvalue weighted by molar-refractivity contribution is 1.18. The molecule has 0 amide bonds. The van der Waals surface area contributed by atoms with Crippen molar-refractivity contribution in [3.8, 4) is 62.0 Å². The Kier molecular flexibility index (Phi) is 7.64. The van der Waals surface area contributed by atoms with E-state index in [1.165, 1.54) is 36.6 Å². The first kappa shape index (κ1) is 32.2. The Balaban J connectivity index is 1.11. The Morgan fingerprint density at radius 2 is 0.964 bits per heavy atom. The van der Waals surface area contributed by atoms with Gasteiger partial charge in [-0.1, -0.05) is 164 Å². The number of hydrogen-bond donors (Lipinski definition) is 0. The van der Waals surface area contributed by atoms with Gasteiger partial charge in [0.1, 0.15) is 0 Å². The van der Waals surface area contributed by atoms with Gasteiger partial charge in [0, 0.05) is 48.8 Å². The van der Waals surface area contributed by atoms with E-state index < -0.39 is 0 Å². The summed E-state index contributed by atoms with van der Waals surface area (Å²) in [5.74, 6) is 0.706. The summed E-state index contributed by atoms with van der Waals surface area (Å²) < 4.78 is 4.95. The molecule has 0 aliphatic heterocycles. The van der Waals surface area contributed by atoms with Crippen LogP contribution in [-0.2, 0) is 0 Å². The van der Waals surface area contributed by atoms with Crippen molar-refractivity contribution >= 4 is 53.4 Å². The van der Waals surface area contributed by atoms with Gasteiger partial charge in [0.2, 0.25) is 0 Å². The van der Waals surface area contributed by atoms with Gasteiger partial charge in [0.25, 0.3) is 0 Å². The summed E-state index contributed by atoms with van der Waals surface area (Å²) in [5, 5.41) is 3.60. The lowest BCUT2D eigenvalue weighted by Crippen LogP contribution is -1.96. The van der Waals surface area contributed by atoms with Crippen molar-refractivity contribution in [2.45, 2.75) is 0 Å². The number of hydrogen-bond acceptors (Lipinski definition) is 4. The fraction of sp³-hybridized carbons (Fsp3) is 0. The minimum atomic E-state index is 0.706. The fourth-order valence-electron chi connectivity index (χ4n) is 8.02. The summed E-state index contributed by atoms with van der Waals surface area (Å²) in [4.78, 5) is 15.6. The van der Waals surface area contributed by atoms with E-state index in [1.807, 2.05) is 47.7 Å². The zero-order chi connectivity index (χ0) is 37.0. The molecule has 0 unspecified atom stereocenters. The number of para-hydroxylation sites is 3. The van der Waals surface area contributed by atoms with E-state index in [2.05, 4.69) is 162 Å². The largest absolute Gasteiger partial charge is 0.308 e. The molecule has 11 rings (SSSR count). The number of thiophene rings is 1. The topological polar surface area (TPSA) is 43.6 Å². The Morgan fingerprint density at radius 3 is 1.70 bits per heavy atom. The average molecular weight is 733 g/mol. The number of benzene rings is 7. The molecule has 0 saturated carbocycles. The zero-order valence-corrected chi connectivity index (χ0v) is 31.0. The van der Waals surface area contributed by atoms with Gasteiger partial charge in [-0.3, -0.25) is 0 Å². The van der Waals surface area contributed by atoms with Gasteiger partial charge >= 0.3 is 0 Å². The second kappa shape index (κ2) is 13.3. The standard InChI is InChI=1S/C51H32N4S/c1-4-16-34(17-5-1)43-32-44(54-51(53-43)36-18-6-2-7-19-36)35-30-28-33(29-31-35)38-22-10-11-23-39(38)47-46-48-50(56-49(46)40-24-12-14-26-42(40)52-47)41-25-13-15-27-45(41)55(48)37-20-8-3-9-21-37/h1-32H. The van der Waals surface area contributed by atoms with Crippen molar-refractivity contribution in [2.24, 2.45) is 0 Å². The van der Waals surface area contributed by atoms with Gasteiger partial charge in [-0.25, -0.2) is 15.0 Å². The third kappa shape index (κ3) is 5.32. The lowest BCUT2D eigenvalue weighted by Gasteiger charge is -2.14. The molecule has 7 aromatic carbocycles. The van der Waals surface area contributed by atoms with E-state index >= 15 is 0 Å². The second-order valence-corrected chi connectivity index (χ2v) is 15.0. The SMILES string of the molecule is c1ccc(-c2cc(-c3ccc(-c4ccccc4-c4nc5ccccc5c5sc6c7ccccc7n(-c7ccccc7)c6c45)cc3)nc(-c3ccccc3)n2)cc1. The van der Waals surface area contributed by atoms with E-state index in [1.54, 1.807) is 0 Å². The maximum Gasteiger partial charge on any atom is 0.160 e. The van der Waals surface area contributed by atoms with Crippen molar-refractivity contribution in [3.05, 3.63) is 194 Å². The molecule has 0 saturated heterocycles. The van der Waals surface area contributed by atoms with Crippen molar-refractivity contribution in [3.63, 3.8) is 0 Å². The molecule has 0 fully saturated rings. The molecular formula is C51H32N4S. The van der Waals surface area contributed by atoms with Crippen LogP contribution >= 0.6 is 11.3 Å². The van der Waals surface area contributed by atoms with Crippen LogP contribution in [0.25, 0.3) is 104 Å². The molecule has 0 spiro atoms. The molecule has 0 aliphatic carbocycles. The van der Waals surface area contributed by atoms with Crippen molar-refractivity contribution in [1.29, 1.82) is 0 Å². The quantitative estimate of drug-likeness (QED) is 0.171. The second-order valence-electron chi connectivity index (χ2n) is 14.0. The maximum absolute atomic E-state index is 5.51. The molecule has 5 heteroatoms. The van der Waals surface area contributed by atoms with Crippen LogP contribution in [0.4, 0.5) is 0 Å². The first-order chi connectivity index (χ1) is 27.8. The first-order valence-electron chi connectivity index (χ1n) is 18.8. The smallest absolute Gasteiger partial charge is 0.160 e. The Morgan fingerprint density at radius 1 is 0.411 bits per heavy atom. The highest BCUT2D eigenvalue weighted by molar-refractivity contribution is 7.27. The molecule has 4 nitrogen and oxygen atoms in total. The van der Waals surface area contributed by atoms with Crippen molar-refractivity contribution in [1.82, 2.24) is 19.5 Å². The molecular weight excluding hydrogens is 701 g/mol.